The minimum Gasteiger partial charge on any atom is -0.294 e. The molecule has 2 fully saturated rings. The second kappa shape index (κ2) is 7.71. The normalized spacial score (nSPS) is 20.9. The van der Waals surface area contributed by atoms with Crippen molar-refractivity contribution in [1.29, 1.82) is 0 Å². The molecule has 0 aliphatic carbocycles. The van der Waals surface area contributed by atoms with Gasteiger partial charge in [0.05, 0.1) is 26.2 Å². The Morgan fingerprint density at radius 3 is 1.20 bits per heavy atom. The van der Waals surface area contributed by atoms with Crippen LogP contribution in [0.1, 0.15) is 13.8 Å². The molecule has 0 atom stereocenters. The lowest BCUT2D eigenvalue weighted by Crippen LogP contribution is -2.55. The van der Waals surface area contributed by atoms with E-state index in [1.54, 1.807) is 9.80 Å². The molecule has 0 aromatic carbocycles. The molecule has 0 bridgehead atoms. The Hall–Kier alpha value is -1.80. The first-order valence-electron chi connectivity index (χ1n) is 6.63. The molecule has 20 heavy (non-hydrogen) atoms. The molecule has 0 radical (unpaired) electrons. The zero-order chi connectivity index (χ0) is 15.1. The molecule has 2 heterocycles. The maximum atomic E-state index is 11.1. The highest BCUT2D eigenvalue weighted by Crippen LogP contribution is 1.98. The van der Waals surface area contributed by atoms with E-state index in [9.17, 15) is 19.2 Å². The van der Waals surface area contributed by atoms with Gasteiger partial charge in [-0.2, -0.15) is 0 Å². The van der Waals surface area contributed by atoms with Gasteiger partial charge in [-0.15, -0.1) is 0 Å². The molecule has 0 aromatic rings. The molecule has 4 amide bonds. The first-order chi connectivity index (χ1) is 9.52. The van der Waals surface area contributed by atoms with E-state index < -0.39 is 0 Å². The van der Waals surface area contributed by atoms with Crippen LogP contribution in [-0.2, 0) is 19.2 Å². The van der Waals surface area contributed by atoms with Gasteiger partial charge >= 0.3 is 0 Å². The van der Waals surface area contributed by atoms with Crippen molar-refractivity contribution in [2.75, 3.05) is 39.3 Å². The van der Waals surface area contributed by atoms with Crippen LogP contribution in [0.5, 0.6) is 0 Å². The van der Waals surface area contributed by atoms with Crippen LogP contribution in [0.4, 0.5) is 0 Å². The monoisotopic (exact) mass is 284 g/mol. The highest BCUT2D eigenvalue weighted by Gasteiger charge is 2.25. The van der Waals surface area contributed by atoms with E-state index in [0.29, 0.717) is 13.1 Å². The average Bonchev–Trinajstić information content (AvgIpc) is 2.36. The highest BCUT2D eigenvalue weighted by molar-refractivity contribution is 5.99. The Balaban J connectivity index is 0.000000956. The van der Waals surface area contributed by atoms with Crippen LogP contribution in [-0.4, -0.2) is 72.7 Å². The van der Waals surface area contributed by atoms with Crippen molar-refractivity contribution >= 4 is 23.6 Å². The molecule has 112 valence electrons. The molecule has 0 aromatic heterocycles. The van der Waals surface area contributed by atoms with Crippen LogP contribution in [0.3, 0.4) is 0 Å². The lowest BCUT2D eigenvalue weighted by Gasteiger charge is -2.30. The summed E-state index contributed by atoms with van der Waals surface area (Å²) in [5.41, 5.74) is 0. The fourth-order valence-electron chi connectivity index (χ4n) is 1.99. The molecule has 0 saturated carbocycles. The van der Waals surface area contributed by atoms with Crippen molar-refractivity contribution in [2.45, 2.75) is 13.8 Å². The molecule has 8 nitrogen and oxygen atoms in total. The van der Waals surface area contributed by atoms with E-state index in [0.717, 1.165) is 0 Å². The maximum absolute atomic E-state index is 11.1. The van der Waals surface area contributed by atoms with Crippen molar-refractivity contribution in [3.8, 4) is 0 Å². The van der Waals surface area contributed by atoms with Crippen molar-refractivity contribution in [3.63, 3.8) is 0 Å². The van der Waals surface area contributed by atoms with Gasteiger partial charge in [0.25, 0.3) is 0 Å². The Kier molecular flexibility index (Phi) is 6.26. The Labute approximate surface area is 117 Å². The Morgan fingerprint density at radius 2 is 0.950 bits per heavy atom. The van der Waals surface area contributed by atoms with Crippen molar-refractivity contribution < 1.29 is 19.2 Å². The zero-order valence-electron chi connectivity index (χ0n) is 11.8. The van der Waals surface area contributed by atoms with Gasteiger partial charge in [0.1, 0.15) is 0 Å². The lowest BCUT2D eigenvalue weighted by atomic mass is 10.3. The summed E-state index contributed by atoms with van der Waals surface area (Å²) in [6.07, 6.45) is 0. The summed E-state index contributed by atoms with van der Waals surface area (Å²) in [6.45, 7) is 5.61. The Bertz CT molecular complexity index is 340. The number of nitrogens with zero attached hydrogens (tertiary/aromatic N) is 2. The van der Waals surface area contributed by atoms with E-state index in [4.69, 9.17) is 0 Å². The summed E-state index contributed by atoms with van der Waals surface area (Å²) < 4.78 is 0. The minimum atomic E-state index is -0.321. The van der Waals surface area contributed by atoms with E-state index in [2.05, 4.69) is 10.6 Å². The molecule has 2 rings (SSSR count). The number of rotatable bonds is 3. The second-order valence-electron chi connectivity index (χ2n) is 4.36. The summed E-state index contributed by atoms with van der Waals surface area (Å²) >= 11 is 0. The van der Waals surface area contributed by atoms with Crippen LogP contribution < -0.4 is 10.6 Å². The van der Waals surface area contributed by atoms with Crippen molar-refractivity contribution in [3.05, 3.63) is 0 Å². The smallest absolute Gasteiger partial charge is 0.240 e. The molecule has 2 saturated heterocycles. The van der Waals surface area contributed by atoms with E-state index in [1.807, 2.05) is 13.8 Å². The van der Waals surface area contributed by atoms with Gasteiger partial charge in [0.15, 0.2) is 0 Å². The highest BCUT2D eigenvalue weighted by atomic mass is 16.2. The predicted molar refractivity (Wildman–Crippen MR) is 70.5 cm³/mol. The summed E-state index contributed by atoms with van der Waals surface area (Å²) in [6, 6.07) is 0. The maximum Gasteiger partial charge on any atom is 0.240 e. The lowest BCUT2D eigenvalue weighted by molar-refractivity contribution is -0.139. The number of piperazine rings is 2. The number of hydrogen-bond donors (Lipinski definition) is 2. The number of nitrogens with one attached hydrogen (secondary N) is 2. The molecule has 8 heteroatoms. The predicted octanol–water partition coefficient (Wildman–Crippen LogP) is -2.07. The molecule has 0 unspecified atom stereocenters. The molecule has 2 aliphatic heterocycles. The SMILES string of the molecule is CC.O=C1CN(CCN2CC(=O)NC(=O)C2)CC(=O)N1. The van der Waals surface area contributed by atoms with E-state index in [-0.39, 0.29) is 49.8 Å². The first kappa shape index (κ1) is 16.3. The number of hydrogen-bond acceptors (Lipinski definition) is 6. The summed E-state index contributed by atoms with van der Waals surface area (Å²) in [7, 11) is 0. The van der Waals surface area contributed by atoms with E-state index in [1.165, 1.54) is 0 Å². The van der Waals surface area contributed by atoms with E-state index >= 15 is 0 Å². The fraction of sp³-hybridized carbons (Fsp3) is 0.667. The largest absolute Gasteiger partial charge is 0.294 e. The average molecular weight is 284 g/mol. The third-order valence-corrected chi connectivity index (χ3v) is 2.76. The minimum absolute atomic E-state index is 0.166. The van der Waals surface area contributed by atoms with Crippen molar-refractivity contribution in [1.82, 2.24) is 20.4 Å². The van der Waals surface area contributed by atoms with Gasteiger partial charge in [-0.1, -0.05) is 13.8 Å². The number of imide groups is 2. The molecule has 2 aliphatic rings. The third kappa shape index (κ3) is 5.06. The molecular formula is C12H20N4O4. The second-order valence-corrected chi connectivity index (χ2v) is 4.36. The van der Waals surface area contributed by atoms with Crippen LogP contribution >= 0.6 is 0 Å². The van der Waals surface area contributed by atoms with Gasteiger partial charge in [0, 0.05) is 13.1 Å². The van der Waals surface area contributed by atoms with Crippen molar-refractivity contribution in [2.24, 2.45) is 0 Å². The fourth-order valence-corrected chi connectivity index (χ4v) is 1.99. The van der Waals surface area contributed by atoms with Gasteiger partial charge in [-0.3, -0.25) is 39.6 Å². The van der Waals surface area contributed by atoms with Gasteiger partial charge < -0.3 is 0 Å². The van der Waals surface area contributed by atoms with Crippen LogP contribution in [0.2, 0.25) is 0 Å². The summed E-state index contributed by atoms with van der Waals surface area (Å²) in [5.74, 6) is -1.28. The number of carbonyl (C=O) groups excluding carboxylic acids is 4. The van der Waals surface area contributed by atoms with Crippen LogP contribution in [0, 0.1) is 0 Å². The van der Waals surface area contributed by atoms with Crippen LogP contribution in [0.25, 0.3) is 0 Å². The summed E-state index contributed by atoms with van der Waals surface area (Å²) in [5, 5.41) is 4.42. The standard InChI is InChI=1S/C10H14N4O4.C2H6/c15-7-3-13(4-8(16)11-7)1-2-14-5-9(17)12-10(18)6-14;1-2/h1-6H2,(H,11,15,16)(H,12,17,18);1-2H3. The first-order valence-corrected chi connectivity index (χ1v) is 6.63. The molecule has 2 N–H and O–H groups in total. The number of amides is 4. The molecular weight excluding hydrogens is 264 g/mol. The Morgan fingerprint density at radius 1 is 0.700 bits per heavy atom. The van der Waals surface area contributed by atoms with Gasteiger partial charge in [0.2, 0.25) is 23.6 Å². The third-order valence-electron chi connectivity index (χ3n) is 2.76. The van der Waals surface area contributed by atoms with Gasteiger partial charge in [-0.25, -0.2) is 0 Å². The topological polar surface area (TPSA) is 98.8 Å². The van der Waals surface area contributed by atoms with Crippen LogP contribution in [0.15, 0.2) is 0 Å². The quantitative estimate of drug-likeness (QED) is 0.578. The zero-order valence-corrected chi connectivity index (χ0v) is 11.8. The summed E-state index contributed by atoms with van der Waals surface area (Å²) in [4.78, 5) is 47.9. The number of carbonyl (C=O) groups is 4. The molecule has 0 spiro atoms. The van der Waals surface area contributed by atoms with Gasteiger partial charge in [-0.05, 0) is 0 Å².